The lowest BCUT2D eigenvalue weighted by Gasteiger charge is -2.07. The van der Waals surface area contributed by atoms with E-state index in [0.717, 1.165) is 0 Å². The van der Waals surface area contributed by atoms with E-state index in [-0.39, 0.29) is 16.9 Å². The second-order valence-electron chi connectivity index (χ2n) is 5.92. The van der Waals surface area contributed by atoms with Crippen LogP contribution in [0.2, 0.25) is 0 Å². The SMILES string of the molecule is COc1cccc(OC(=O)c2ccc(C(=O)Oc3ccc(C(N)=O)cc3)cc2)c1. The van der Waals surface area contributed by atoms with Crippen molar-refractivity contribution in [1.29, 1.82) is 0 Å². The molecule has 0 aromatic heterocycles. The van der Waals surface area contributed by atoms with Gasteiger partial charge in [0.05, 0.1) is 18.2 Å². The zero-order chi connectivity index (χ0) is 20.8. The summed E-state index contributed by atoms with van der Waals surface area (Å²) in [6.07, 6.45) is 0. The van der Waals surface area contributed by atoms with Crippen LogP contribution < -0.4 is 19.9 Å². The van der Waals surface area contributed by atoms with E-state index in [2.05, 4.69) is 0 Å². The Labute approximate surface area is 166 Å². The molecule has 146 valence electrons. The van der Waals surface area contributed by atoms with Crippen molar-refractivity contribution in [2.75, 3.05) is 7.11 Å². The van der Waals surface area contributed by atoms with Crippen molar-refractivity contribution in [3.63, 3.8) is 0 Å². The minimum atomic E-state index is -0.607. The quantitative estimate of drug-likeness (QED) is 0.511. The molecule has 0 aliphatic carbocycles. The fourth-order valence-electron chi connectivity index (χ4n) is 2.43. The highest BCUT2D eigenvalue weighted by Crippen LogP contribution is 2.20. The molecular weight excluding hydrogens is 374 g/mol. The van der Waals surface area contributed by atoms with Crippen LogP contribution in [0.1, 0.15) is 31.1 Å². The van der Waals surface area contributed by atoms with Crippen LogP contribution in [0.25, 0.3) is 0 Å². The number of primary amides is 1. The summed E-state index contributed by atoms with van der Waals surface area (Å²) < 4.78 is 15.6. The average molecular weight is 391 g/mol. The summed E-state index contributed by atoms with van der Waals surface area (Å²) in [5.41, 5.74) is 6.00. The maximum absolute atomic E-state index is 12.3. The van der Waals surface area contributed by atoms with E-state index in [4.69, 9.17) is 19.9 Å². The number of nitrogens with two attached hydrogens (primary N) is 1. The first-order valence-corrected chi connectivity index (χ1v) is 8.54. The van der Waals surface area contributed by atoms with Crippen molar-refractivity contribution in [1.82, 2.24) is 0 Å². The second kappa shape index (κ2) is 8.71. The predicted octanol–water partition coefficient (Wildman–Crippen LogP) is 3.23. The molecule has 3 aromatic rings. The highest BCUT2D eigenvalue weighted by atomic mass is 16.5. The topological polar surface area (TPSA) is 105 Å². The van der Waals surface area contributed by atoms with Crippen molar-refractivity contribution < 1.29 is 28.6 Å². The first-order valence-electron chi connectivity index (χ1n) is 8.54. The third kappa shape index (κ3) is 4.98. The second-order valence-corrected chi connectivity index (χ2v) is 5.92. The van der Waals surface area contributed by atoms with Crippen LogP contribution in [0, 0.1) is 0 Å². The van der Waals surface area contributed by atoms with Crippen LogP contribution in [0.4, 0.5) is 0 Å². The molecule has 7 heteroatoms. The van der Waals surface area contributed by atoms with E-state index < -0.39 is 17.8 Å². The molecule has 0 spiro atoms. The molecule has 0 saturated carbocycles. The Balaban J connectivity index is 1.64. The summed E-state index contributed by atoms with van der Waals surface area (Å²) in [6, 6.07) is 18.4. The molecule has 29 heavy (non-hydrogen) atoms. The van der Waals surface area contributed by atoms with Gasteiger partial charge in [-0.2, -0.15) is 0 Å². The Morgan fingerprint density at radius 3 is 1.66 bits per heavy atom. The molecule has 0 atom stereocenters. The highest BCUT2D eigenvalue weighted by Gasteiger charge is 2.13. The lowest BCUT2D eigenvalue weighted by molar-refractivity contribution is 0.0720. The summed E-state index contributed by atoms with van der Waals surface area (Å²) in [7, 11) is 1.52. The molecule has 2 N–H and O–H groups in total. The number of hydrogen-bond donors (Lipinski definition) is 1. The summed E-state index contributed by atoms with van der Waals surface area (Å²) in [5, 5.41) is 0. The van der Waals surface area contributed by atoms with Crippen molar-refractivity contribution in [2.24, 2.45) is 5.73 Å². The van der Waals surface area contributed by atoms with Crippen molar-refractivity contribution in [3.8, 4) is 17.2 Å². The smallest absolute Gasteiger partial charge is 0.343 e. The Morgan fingerprint density at radius 1 is 0.655 bits per heavy atom. The third-order valence-corrected chi connectivity index (χ3v) is 3.96. The minimum Gasteiger partial charge on any atom is -0.497 e. The average Bonchev–Trinajstić information content (AvgIpc) is 2.74. The van der Waals surface area contributed by atoms with Crippen LogP contribution >= 0.6 is 0 Å². The molecule has 7 nitrogen and oxygen atoms in total. The Bertz CT molecular complexity index is 1040. The fourth-order valence-corrected chi connectivity index (χ4v) is 2.43. The molecule has 0 saturated heterocycles. The molecule has 3 rings (SSSR count). The van der Waals surface area contributed by atoms with E-state index in [0.29, 0.717) is 17.1 Å². The molecule has 0 bridgehead atoms. The number of rotatable bonds is 6. The summed E-state index contributed by atoms with van der Waals surface area (Å²) in [4.78, 5) is 35.5. The van der Waals surface area contributed by atoms with Gasteiger partial charge in [0.15, 0.2) is 0 Å². The van der Waals surface area contributed by atoms with E-state index in [1.54, 1.807) is 24.3 Å². The number of carbonyl (C=O) groups is 3. The van der Waals surface area contributed by atoms with Gasteiger partial charge in [-0.3, -0.25) is 4.79 Å². The molecule has 0 aliphatic heterocycles. The van der Waals surface area contributed by atoms with Crippen molar-refractivity contribution in [2.45, 2.75) is 0 Å². The van der Waals surface area contributed by atoms with Gasteiger partial charge in [0.2, 0.25) is 5.91 Å². The van der Waals surface area contributed by atoms with Crippen LogP contribution in [-0.2, 0) is 0 Å². The normalized spacial score (nSPS) is 10.1. The van der Waals surface area contributed by atoms with E-state index in [9.17, 15) is 14.4 Å². The van der Waals surface area contributed by atoms with Gasteiger partial charge in [-0.15, -0.1) is 0 Å². The standard InChI is InChI=1S/C22H17NO6/c1-27-18-3-2-4-19(13-18)29-22(26)16-7-5-15(6-8-16)21(25)28-17-11-9-14(10-12-17)20(23)24/h2-13H,1H3,(H2,23,24). The van der Waals surface area contributed by atoms with Crippen LogP contribution in [0.3, 0.4) is 0 Å². The Hall–Kier alpha value is -4.13. The number of hydrogen-bond acceptors (Lipinski definition) is 6. The molecule has 0 radical (unpaired) electrons. The van der Waals surface area contributed by atoms with Gasteiger partial charge in [-0.25, -0.2) is 9.59 Å². The summed E-state index contributed by atoms with van der Waals surface area (Å²) in [6.45, 7) is 0. The molecule has 3 aromatic carbocycles. The Morgan fingerprint density at radius 2 is 1.14 bits per heavy atom. The monoisotopic (exact) mass is 391 g/mol. The number of methoxy groups -OCH3 is 1. The number of esters is 2. The van der Waals surface area contributed by atoms with E-state index in [1.165, 1.54) is 55.6 Å². The number of carbonyl (C=O) groups excluding carboxylic acids is 3. The molecule has 0 heterocycles. The van der Waals surface area contributed by atoms with Gasteiger partial charge in [0.1, 0.15) is 17.2 Å². The molecular formula is C22H17NO6. The number of ether oxygens (including phenoxy) is 3. The zero-order valence-electron chi connectivity index (χ0n) is 15.5. The van der Waals surface area contributed by atoms with Crippen LogP contribution in [-0.4, -0.2) is 25.0 Å². The maximum Gasteiger partial charge on any atom is 0.343 e. The number of amides is 1. The molecule has 0 fully saturated rings. The maximum atomic E-state index is 12.3. The molecule has 0 aliphatic rings. The first kappa shape index (κ1) is 19.6. The van der Waals surface area contributed by atoms with Gasteiger partial charge in [0.25, 0.3) is 0 Å². The molecule has 0 unspecified atom stereocenters. The minimum absolute atomic E-state index is 0.252. The van der Waals surface area contributed by atoms with Gasteiger partial charge >= 0.3 is 11.9 Å². The zero-order valence-corrected chi connectivity index (χ0v) is 15.5. The van der Waals surface area contributed by atoms with Gasteiger partial charge < -0.3 is 19.9 Å². The van der Waals surface area contributed by atoms with Gasteiger partial charge in [-0.05, 0) is 60.7 Å². The van der Waals surface area contributed by atoms with Crippen molar-refractivity contribution >= 4 is 17.8 Å². The lowest BCUT2D eigenvalue weighted by Crippen LogP contribution is -2.12. The van der Waals surface area contributed by atoms with Crippen LogP contribution in [0.5, 0.6) is 17.2 Å². The summed E-state index contributed by atoms with van der Waals surface area (Å²) >= 11 is 0. The third-order valence-electron chi connectivity index (χ3n) is 3.96. The van der Waals surface area contributed by atoms with E-state index in [1.807, 2.05) is 0 Å². The van der Waals surface area contributed by atoms with Crippen molar-refractivity contribution in [3.05, 3.63) is 89.5 Å². The predicted molar refractivity (Wildman–Crippen MR) is 104 cm³/mol. The van der Waals surface area contributed by atoms with Gasteiger partial charge in [-0.1, -0.05) is 6.07 Å². The van der Waals surface area contributed by atoms with Crippen LogP contribution in [0.15, 0.2) is 72.8 Å². The lowest BCUT2D eigenvalue weighted by atomic mass is 10.1. The molecule has 1 amide bonds. The Kier molecular flexibility index (Phi) is 5.89. The first-order chi connectivity index (χ1) is 14.0. The largest absolute Gasteiger partial charge is 0.497 e. The summed E-state index contributed by atoms with van der Waals surface area (Å²) in [5.74, 6) is -0.569. The highest BCUT2D eigenvalue weighted by molar-refractivity contribution is 5.95. The van der Waals surface area contributed by atoms with Gasteiger partial charge in [0, 0.05) is 11.6 Å². The number of benzene rings is 3. The van der Waals surface area contributed by atoms with E-state index >= 15 is 0 Å². The fraction of sp³-hybridized carbons (Fsp3) is 0.0455.